The van der Waals surface area contributed by atoms with E-state index in [-0.39, 0.29) is 18.9 Å². The highest BCUT2D eigenvalue weighted by molar-refractivity contribution is 6.20. The molecule has 1 aromatic heterocycles. The van der Waals surface area contributed by atoms with Gasteiger partial charge in [-0.1, -0.05) is 50.6 Å². The number of urea groups is 1. The lowest BCUT2D eigenvalue weighted by molar-refractivity contribution is -0.131. The van der Waals surface area contributed by atoms with Crippen LogP contribution < -0.4 is 20.9 Å². The number of ketones is 1. The van der Waals surface area contributed by atoms with Crippen molar-refractivity contribution in [3.63, 3.8) is 0 Å². The number of hydrogen-bond acceptors (Lipinski definition) is 7. The van der Waals surface area contributed by atoms with E-state index in [1.165, 1.54) is 4.90 Å². The van der Waals surface area contributed by atoms with Gasteiger partial charge in [-0.3, -0.25) is 14.6 Å². The maximum atomic E-state index is 14.0. The second-order valence-electron chi connectivity index (χ2n) is 9.86. The first-order valence-electron chi connectivity index (χ1n) is 13.2. The topological polar surface area (TPSA) is 136 Å². The third kappa shape index (κ3) is 6.18. The molecule has 40 heavy (non-hydrogen) atoms. The van der Waals surface area contributed by atoms with Crippen LogP contribution in [0.25, 0.3) is 0 Å². The third-order valence-corrected chi connectivity index (χ3v) is 6.92. The largest absolute Gasteiger partial charge is 0.395 e. The Balaban J connectivity index is 1.74. The van der Waals surface area contributed by atoms with E-state index in [1.807, 2.05) is 25.1 Å². The molecule has 0 unspecified atom stereocenters. The number of aliphatic hydroxyl groups excluding tert-OH is 1. The number of rotatable bonds is 10. The Hall–Kier alpha value is -4.57. The molecule has 0 saturated heterocycles. The first-order valence-corrected chi connectivity index (χ1v) is 13.2. The number of fused-ring (bicyclic) bond motifs is 1. The van der Waals surface area contributed by atoms with Crippen LogP contribution in [0.3, 0.4) is 0 Å². The lowest BCUT2D eigenvalue weighted by Gasteiger charge is -2.30. The number of hydrogen-bond donors (Lipinski definition) is 4. The predicted molar refractivity (Wildman–Crippen MR) is 156 cm³/mol. The smallest absolute Gasteiger partial charge is 0.321 e. The molecule has 10 nitrogen and oxygen atoms in total. The van der Waals surface area contributed by atoms with Gasteiger partial charge in [0.25, 0.3) is 5.91 Å². The number of anilines is 3. The van der Waals surface area contributed by atoms with E-state index in [0.717, 1.165) is 5.69 Å². The molecule has 0 aliphatic carbocycles. The predicted octanol–water partition coefficient (Wildman–Crippen LogP) is 3.82. The number of Topliss-reactive ketones (excluding diaryl/α,β-unsaturated/α-hetero) is 1. The molecule has 4 rings (SSSR count). The van der Waals surface area contributed by atoms with Gasteiger partial charge in [-0.15, -0.1) is 0 Å². The molecule has 1 aliphatic rings. The van der Waals surface area contributed by atoms with Crippen molar-refractivity contribution in [1.29, 1.82) is 0 Å². The van der Waals surface area contributed by atoms with Crippen molar-refractivity contribution >= 4 is 40.5 Å². The standard InChI is InChI=1S/C30H34N6O4/c1-4-15-30(2,19-37)25(38)18-36-24-14-6-5-12-22(24)26(23-13-7-8-16-32-23)34-27(28(36)39)35-29(40)33-21-11-9-10-20(17-21)31-3/h5-14,16-17,27,31,37H,4,15,18-19H2,1-3H3,(H2,33,35,40)/t27-,30-/m0/s1. The van der Waals surface area contributed by atoms with E-state index in [1.54, 1.807) is 68.7 Å². The van der Waals surface area contributed by atoms with Crippen LogP contribution in [0.1, 0.15) is 37.9 Å². The summed E-state index contributed by atoms with van der Waals surface area (Å²) in [4.78, 5) is 51.0. The second-order valence-corrected chi connectivity index (χ2v) is 9.86. The Morgan fingerprint density at radius 1 is 1.05 bits per heavy atom. The number of nitrogens with zero attached hydrogens (tertiary/aromatic N) is 3. The first-order chi connectivity index (χ1) is 19.3. The lowest BCUT2D eigenvalue weighted by Crippen LogP contribution is -2.51. The van der Waals surface area contributed by atoms with Gasteiger partial charge in [-0.2, -0.15) is 0 Å². The van der Waals surface area contributed by atoms with Gasteiger partial charge in [0, 0.05) is 30.2 Å². The van der Waals surface area contributed by atoms with E-state index in [9.17, 15) is 19.5 Å². The Bertz CT molecular complexity index is 1410. The van der Waals surface area contributed by atoms with Gasteiger partial charge in [0.05, 0.1) is 35.7 Å². The van der Waals surface area contributed by atoms with E-state index in [4.69, 9.17) is 0 Å². The quantitative estimate of drug-likeness (QED) is 0.308. The summed E-state index contributed by atoms with van der Waals surface area (Å²) in [6.07, 6.45) is 1.43. The highest BCUT2D eigenvalue weighted by Crippen LogP contribution is 2.30. The fourth-order valence-electron chi connectivity index (χ4n) is 4.63. The molecule has 2 atom stereocenters. The van der Waals surface area contributed by atoms with Crippen LogP contribution in [-0.2, 0) is 9.59 Å². The summed E-state index contributed by atoms with van der Waals surface area (Å²) in [5.41, 5.74) is 2.28. The Labute approximate surface area is 233 Å². The second kappa shape index (κ2) is 12.5. The van der Waals surface area contributed by atoms with Crippen molar-refractivity contribution < 1.29 is 19.5 Å². The van der Waals surface area contributed by atoms with Crippen molar-refractivity contribution in [2.75, 3.05) is 35.7 Å². The first kappa shape index (κ1) is 28.4. The Morgan fingerprint density at radius 3 is 2.50 bits per heavy atom. The van der Waals surface area contributed by atoms with Crippen molar-refractivity contribution in [2.45, 2.75) is 32.9 Å². The van der Waals surface area contributed by atoms with Crippen LogP contribution in [0.2, 0.25) is 0 Å². The number of aliphatic imine (C=N–C) groups is 1. The van der Waals surface area contributed by atoms with Crippen LogP contribution in [-0.4, -0.2) is 59.9 Å². The molecule has 4 N–H and O–H groups in total. The maximum Gasteiger partial charge on any atom is 0.321 e. The Morgan fingerprint density at radius 2 is 1.80 bits per heavy atom. The summed E-state index contributed by atoms with van der Waals surface area (Å²) < 4.78 is 0. The lowest BCUT2D eigenvalue weighted by atomic mass is 9.81. The molecule has 2 heterocycles. The minimum Gasteiger partial charge on any atom is -0.395 e. The summed E-state index contributed by atoms with van der Waals surface area (Å²) >= 11 is 0. The number of para-hydroxylation sites is 1. The summed E-state index contributed by atoms with van der Waals surface area (Å²) in [5, 5.41) is 18.5. The zero-order valence-electron chi connectivity index (χ0n) is 22.8. The summed E-state index contributed by atoms with van der Waals surface area (Å²) in [7, 11) is 1.77. The van der Waals surface area contributed by atoms with Crippen LogP contribution in [0.5, 0.6) is 0 Å². The zero-order valence-corrected chi connectivity index (χ0v) is 22.8. The molecule has 3 amide bonds. The van der Waals surface area contributed by atoms with Crippen molar-refractivity contribution in [1.82, 2.24) is 10.3 Å². The van der Waals surface area contributed by atoms with Crippen molar-refractivity contribution in [2.24, 2.45) is 10.4 Å². The van der Waals surface area contributed by atoms with Crippen molar-refractivity contribution in [3.8, 4) is 0 Å². The average molecular weight is 543 g/mol. The number of benzene rings is 2. The molecule has 2 aromatic carbocycles. The molecule has 208 valence electrons. The molecular weight excluding hydrogens is 508 g/mol. The minimum absolute atomic E-state index is 0.284. The highest BCUT2D eigenvalue weighted by atomic mass is 16.3. The van der Waals surface area contributed by atoms with Gasteiger partial charge in [-0.25, -0.2) is 9.79 Å². The van der Waals surface area contributed by atoms with Gasteiger partial charge in [0.15, 0.2) is 5.78 Å². The van der Waals surface area contributed by atoms with Crippen LogP contribution >= 0.6 is 0 Å². The monoisotopic (exact) mass is 542 g/mol. The number of amides is 3. The van der Waals surface area contributed by atoms with Gasteiger partial charge in [0.2, 0.25) is 6.17 Å². The summed E-state index contributed by atoms with van der Waals surface area (Å²) in [6.45, 7) is 3.01. The van der Waals surface area contributed by atoms with Crippen LogP contribution in [0.4, 0.5) is 21.9 Å². The molecule has 3 aromatic rings. The maximum absolute atomic E-state index is 14.0. The fraction of sp³-hybridized carbons (Fsp3) is 0.300. The molecule has 0 bridgehead atoms. The number of benzodiazepines with no additional fused rings is 1. The van der Waals surface area contributed by atoms with Crippen LogP contribution in [0.15, 0.2) is 77.9 Å². The van der Waals surface area contributed by atoms with E-state index < -0.39 is 23.5 Å². The number of aliphatic hydroxyl groups is 1. The van der Waals surface area contributed by atoms with E-state index >= 15 is 0 Å². The van der Waals surface area contributed by atoms with Crippen molar-refractivity contribution in [3.05, 3.63) is 84.2 Å². The number of carbonyl (C=O) groups excluding carboxylic acids is 3. The van der Waals surface area contributed by atoms with Gasteiger partial charge >= 0.3 is 6.03 Å². The number of nitrogens with one attached hydrogen (secondary N) is 3. The molecule has 10 heteroatoms. The highest BCUT2D eigenvalue weighted by Gasteiger charge is 2.38. The fourth-order valence-corrected chi connectivity index (χ4v) is 4.63. The summed E-state index contributed by atoms with van der Waals surface area (Å²) in [6, 6.07) is 18.9. The molecule has 0 spiro atoms. The van der Waals surface area contributed by atoms with E-state index in [0.29, 0.717) is 41.2 Å². The van der Waals surface area contributed by atoms with Gasteiger partial charge < -0.3 is 26.0 Å². The number of pyridine rings is 1. The molecule has 1 aliphatic heterocycles. The number of aromatic nitrogens is 1. The molecule has 0 saturated carbocycles. The van der Waals surface area contributed by atoms with Gasteiger partial charge in [-0.05, 0) is 42.8 Å². The molecular formula is C30H34N6O4. The Kier molecular flexibility index (Phi) is 8.90. The third-order valence-electron chi connectivity index (χ3n) is 6.92. The summed E-state index contributed by atoms with van der Waals surface area (Å²) in [5.74, 6) is -0.865. The molecule has 0 fully saturated rings. The molecule has 0 radical (unpaired) electrons. The number of carbonyl (C=O) groups is 3. The van der Waals surface area contributed by atoms with Gasteiger partial charge in [0.1, 0.15) is 0 Å². The van der Waals surface area contributed by atoms with E-state index in [2.05, 4.69) is 25.9 Å². The van der Waals surface area contributed by atoms with Crippen LogP contribution in [0, 0.1) is 5.41 Å². The zero-order chi connectivity index (χ0) is 28.7. The average Bonchev–Trinajstić information content (AvgIpc) is 3.08. The SMILES string of the molecule is CCC[C@@](C)(CO)C(=O)CN1C(=O)[C@H](NC(=O)Nc2cccc(NC)c2)N=C(c2ccccn2)c2ccccc21. The normalized spacial score (nSPS) is 16.2. The minimum atomic E-state index is -1.35.